The third-order valence-corrected chi connectivity index (χ3v) is 5.32. The maximum absolute atomic E-state index is 10.3. The Morgan fingerprint density at radius 1 is 1.31 bits per heavy atom. The molecule has 1 aliphatic rings. The van der Waals surface area contributed by atoms with Crippen molar-refractivity contribution in [1.29, 1.82) is 0 Å². The van der Waals surface area contributed by atoms with Gasteiger partial charge in [0.1, 0.15) is 5.02 Å². The number of anilines is 3. The van der Waals surface area contributed by atoms with Crippen molar-refractivity contribution >= 4 is 29.1 Å². The molecular formula is C21H21ClN6O. The molecule has 0 unspecified atom stereocenters. The number of benzene rings is 1. The highest BCUT2D eigenvalue weighted by molar-refractivity contribution is 6.33. The molecule has 2 aromatic heterocycles. The first-order valence-corrected chi connectivity index (χ1v) is 9.50. The number of nitrogens with zero attached hydrogens (tertiary/aromatic N) is 5. The average molecular weight is 409 g/mol. The quantitative estimate of drug-likeness (QED) is 0.633. The molecule has 0 saturated carbocycles. The van der Waals surface area contributed by atoms with Gasteiger partial charge < -0.3 is 20.3 Å². The molecular weight excluding hydrogens is 388 g/mol. The van der Waals surface area contributed by atoms with Gasteiger partial charge in [-0.1, -0.05) is 43.4 Å². The standard InChI is InChI=1S/C21H21ClN6O/c1-21(2)11-28(19-15(22)9-25-20(23)26-19)16-8-13(4-6-14(16)21)5-7-18(29)17-10-24-12-27(17)3/h4,6,8-10,12,18,29H,11H2,1-3H3,(H2,23,25,26)/t18-/m1/s1. The lowest BCUT2D eigenvalue weighted by Crippen LogP contribution is -2.26. The van der Waals surface area contributed by atoms with Crippen molar-refractivity contribution in [1.82, 2.24) is 19.5 Å². The Morgan fingerprint density at radius 3 is 2.83 bits per heavy atom. The van der Waals surface area contributed by atoms with Crippen LogP contribution in [-0.4, -0.2) is 31.2 Å². The van der Waals surface area contributed by atoms with Gasteiger partial charge >= 0.3 is 0 Å². The van der Waals surface area contributed by atoms with E-state index in [2.05, 4.69) is 46.7 Å². The van der Waals surface area contributed by atoms with Gasteiger partial charge in [0, 0.05) is 30.3 Å². The summed E-state index contributed by atoms with van der Waals surface area (Å²) in [5.41, 5.74) is 9.25. The van der Waals surface area contributed by atoms with Crippen LogP contribution in [0.1, 0.15) is 36.8 Å². The zero-order valence-corrected chi connectivity index (χ0v) is 17.1. The summed E-state index contributed by atoms with van der Waals surface area (Å²) in [5, 5.41) is 10.8. The molecule has 29 heavy (non-hydrogen) atoms. The van der Waals surface area contributed by atoms with E-state index in [0.717, 1.165) is 11.3 Å². The maximum atomic E-state index is 10.3. The summed E-state index contributed by atoms with van der Waals surface area (Å²) in [5.74, 6) is 6.69. The number of nitrogen functional groups attached to an aromatic ring is 1. The molecule has 0 fully saturated rings. The van der Waals surface area contributed by atoms with Crippen molar-refractivity contribution in [2.45, 2.75) is 25.4 Å². The van der Waals surface area contributed by atoms with Crippen LogP contribution in [-0.2, 0) is 12.5 Å². The van der Waals surface area contributed by atoms with E-state index in [0.29, 0.717) is 23.1 Å². The number of halogens is 1. The fourth-order valence-corrected chi connectivity index (χ4v) is 3.77. The predicted octanol–water partition coefficient (Wildman–Crippen LogP) is 2.96. The van der Waals surface area contributed by atoms with Gasteiger partial charge in [0.05, 0.1) is 24.4 Å². The highest BCUT2D eigenvalue weighted by Gasteiger charge is 2.37. The lowest BCUT2D eigenvalue weighted by Gasteiger charge is -2.22. The number of aliphatic hydroxyl groups is 1. The smallest absolute Gasteiger partial charge is 0.222 e. The maximum Gasteiger partial charge on any atom is 0.222 e. The molecule has 3 aromatic rings. The molecule has 0 amide bonds. The number of hydrogen-bond acceptors (Lipinski definition) is 6. The van der Waals surface area contributed by atoms with E-state index in [1.807, 2.05) is 24.1 Å². The van der Waals surface area contributed by atoms with E-state index in [4.69, 9.17) is 17.3 Å². The molecule has 3 N–H and O–H groups in total. The van der Waals surface area contributed by atoms with Crippen molar-refractivity contribution < 1.29 is 5.11 Å². The first-order chi connectivity index (χ1) is 13.8. The summed E-state index contributed by atoms with van der Waals surface area (Å²) in [6.45, 7) is 5.04. The molecule has 0 aliphatic carbocycles. The van der Waals surface area contributed by atoms with Crippen molar-refractivity contribution in [3.05, 3.63) is 58.8 Å². The average Bonchev–Trinajstić information content (AvgIpc) is 3.22. The minimum absolute atomic E-state index is 0.0987. The molecule has 148 valence electrons. The number of aromatic nitrogens is 4. The number of aliphatic hydroxyl groups excluding tert-OH is 1. The molecule has 0 spiro atoms. The number of rotatable bonds is 2. The van der Waals surface area contributed by atoms with Gasteiger partial charge in [-0.15, -0.1) is 0 Å². The van der Waals surface area contributed by atoms with Crippen LogP contribution in [0.25, 0.3) is 0 Å². The molecule has 0 saturated heterocycles. The molecule has 1 aromatic carbocycles. The Morgan fingerprint density at radius 2 is 2.10 bits per heavy atom. The van der Waals surface area contributed by atoms with E-state index in [1.54, 1.807) is 17.1 Å². The van der Waals surface area contributed by atoms with Gasteiger partial charge in [0.2, 0.25) is 5.95 Å². The van der Waals surface area contributed by atoms with Crippen molar-refractivity contribution in [3.63, 3.8) is 0 Å². The largest absolute Gasteiger partial charge is 0.374 e. The van der Waals surface area contributed by atoms with E-state index in [9.17, 15) is 5.11 Å². The van der Waals surface area contributed by atoms with Crippen LogP contribution in [0.3, 0.4) is 0 Å². The minimum Gasteiger partial charge on any atom is -0.374 e. The van der Waals surface area contributed by atoms with Crippen LogP contribution in [0.2, 0.25) is 5.02 Å². The minimum atomic E-state index is -0.917. The Kier molecular flexibility index (Phi) is 4.69. The lowest BCUT2D eigenvalue weighted by atomic mass is 9.86. The van der Waals surface area contributed by atoms with Gasteiger partial charge in [-0.2, -0.15) is 4.98 Å². The summed E-state index contributed by atoms with van der Waals surface area (Å²) >= 11 is 6.36. The molecule has 1 aliphatic heterocycles. The van der Waals surface area contributed by atoms with Crippen molar-refractivity contribution in [2.24, 2.45) is 7.05 Å². The number of aryl methyl sites for hydroxylation is 1. The topological polar surface area (TPSA) is 93.1 Å². The van der Waals surface area contributed by atoms with Gasteiger partial charge in [0.25, 0.3) is 0 Å². The van der Waals surface area contributed by atoms with Crippen molar-refractivity contribution in [2.75, 3.05) is 17.2 Å². The Labute approximate surface area is 174 Å². The fraction of sp³-hybridized carbons (Fsp3) is 0.286. The van der Waals surface area contributed by atoms with Gasteiger partial charge in [-0.3, -0.25) is 0 Å². The zero-order chi connectivity index (χ0) is 20.8. The molecule has 0 radical (unpaired) electrons. The molecule has 7 nitrogen and oxygen atoms in total. The van der Waals surface area contributed by atoms with Crippen LogP contribution < -0.4 is 10.6 Å². The Bertz CT molecular complexity index is 1140. The molecule has 8 heteroatoms. The first-order valence-electron chi connectivity index (χ1n) is 9.12. The van der Waals surface area contributed by atoms with Gasteiger partial charge in [0.15, 0.2) is 11.9 Å². The summed E-state index contributed by atoms with van der Waals surface area (Å²) in [6.07, 6.45) is 3.83. The normalized spacial score (nSPS) is 15.6. The summed E-state index contributed by atoms with van der Waals surface area (Å²) in [6, 6.07) is 6.01. The Hall–Kier alpha value is -3.08. The van der Waals surface area contributed by atoms with Crippen LogP contribution in [0.5, 0.6) is 0 Å². The van der Waals surface area contributed by atoms with Gasteiger partial charge in [-0.05, 0) is 17.7 Å². The zero-order valence-electron chi connectivity index (χ0n) is 16.4. The third-order valence-electron chi connectivity index (χ3n) is 5.06. The van der Waals surface area contributed by atoms with Crippen molar-refractivity contribution in [3.8, 4) is 11.8 Å². The van der Waals surface area contributed by atoms with E-state index >= 15 is 0 Å². The third kappa shape index (κ3) is 3.53. The van der Waals surface area contributed by atoms with E-state index in [-0.39, 0.29) is 11.4 Å². The summed E-state index contributed by atoms with van der Waals surface area (Å²) in [7, 11) is 1.82. The summed E-state index contributed by atoms with van der Waals surface area (Å²) in [4.78, 5) is 14.3. The lowest BCUT2D eigenvalue weighted by molar-refractivity contribution is 0.229. The van der Waals surface area contributed by atoms with E-state index < -0.39 is 6.10 Å². The van der Waals surface area contributed by atoms with Crippen LogP contribution >= 0.6 is 11.6 Å². The Balaban J connectivity index is 1.73. The predicted molar refractivity (Wildman–Crippen MR) is 113 cm³/mol. The number of hydrogen-bond donors (Lipinski definition) is 2. The van der Waals surface area contributed by atoms with Crippen LogP contribution in [0, 0.1) is 11.8 Å². The van der Waals surface area contributed by atoms with Gasteiger partial charge in [-0.25, -0.2) is 9.97 Å². The van der Waals surface area contributed by atoms with Crippen LogP contribution in [0.15, 0.2) is 36.9 Å². The van der Waals surface area contributed by atoms with E-state index in [1.165, 1.54) is 11.8 Å². The monoisotopic (exact) mass is 408 g/mol. The second kappa shape index (κ2) is 7.07. The first kappa shape index (κ1) is 19.2. The molecule has 1 atom stereocenters. The molecule has 0 bridgehead atoms. The van der Waals surface area contributed by atoms with Crippen LogP contribution in [0.4, 0.5) is 17.5 Å². The second-order valence-corrected chi connectivity index (χ2v) is 8.11. The fourth-order valence-electron chi connectivity index (χ4n) is 3.58. The molecule has 4 rings (SSSR count). The number of fused-ring (bicyclic) bond motifs is 1. The second-order valence-electron chi connectivity index (χ2n) is 7.70. The number of nitrogens with two attached hydrogens (primary N) is 1. The highest BCUT2D eigenvalue weighted by Crippen LogP contribution is 2.45. The SMILES string of the molecule is Cn1cncc1[C@H](O)C#Cc1ccc2c(c1)N(c1nc(N)ncc1Cl)CC2(C)C. The highest BCUT2D eigenvalue weighted by atomic mass is 35.5. The molecule has 3 heterocycles. The summed E-state index contributed by atoms with van der Waals surface area (Å²) < 4.78 is 1.74. The number of imidazole rings is 1.